The van der Waals surface area contributed by atoms with Crippen LogP contribution < -0.4 is 5.32 Å². The number of hydrogen-bond donors (Lipinski definition) is 1. The van der Waals surface area contributed by atoms with Gasteiger partial charge in [0.05, 0.1) is 0 Å². The first kappa shape index (κ1) is 15.3. The van der Waals surface area contributed by atoms with Crippen molar-refractivity contribution in [2.24, 2.45) is 0 Å². The number of carbonyl (C=O) groups is 1. The van der Waals surface area contributed by atoms with E-state index in [0.29, 0.717) is 5.92 Å². The minimum absolute atomic E-state index is 0.0352. The molecule has 1 N–H and O–H groups in total. The van der Waals surface area contributed by atoms with Gasteiger partial charge in [-0.05, 0) is 49.4 Å². The molecule has 0 aliphatic rings. The number of aryl methyl sites for hydroxylation is 2. The van der Waals surface area contributed by atoms with Gasteiger partial charge < -0.3 is 5.32 Å². The Kier molecular flexibility index (Phi) is 4.79. The van der Waals surface area contributed by atoms with E-state index in [1.54, 1.807) is 0 Å². The van der Waals surface area contributed by atoms with Crippen LogP contribution in [0.25, 0.3) is 0 Å². The average molecular weight is 281 g/mol. The average Bonchev–Trinajstić information content (AvgIpc) is 2.49. The van der Waals surface area contributed by atoms with Gasteiger partial charge in [0.2, 0.25) is 0 Å². The van der Waals surface area contributed by atoms with Gasteiger partial charge in [-0.3, -0.25) is 4.79 Å². The second-order valence-electron chi connectivity index (χ2n) is 5.67. The Labute approximate surface area is 127 Å². The van der Waals surface area contributed by atoms with Crippen LogP contribution in [0.1, 0.15) is 53.2 Å². The lowest BCUT2D eigenvalue weighted by Crippen LogP contribution is -2.15. The van der Waals surface area contributed by atoms with Crippen molar-refractivity contribution in [2.75, 3.05) is 5.32 Å². The fourth-order valence-electron chi connectivity index (χ4n) is 2.43. The number of carbonyl (C=O) groups excluding carboxylic acids is 1. The molecule has 0 aliphatic carbocycles. The van der Waals surface area contributed by atoms with Crippen molar-refractivity contribution in [2.45, 2.75) is 40.0 Å². The van der Waals surface area contributed by atoms with Gasteiger partial charge in [-0.1, -0.05) is 49.7 Å². The number of nitrogens with one attached hydrogen (secondary N) is 1. The monoisotopic (exact) mass is 281 g/mol. The molecule has 0 aliphatic heterocycles. The van der Waals surface area contributed by atoms with Crippen LogP contribution in [0.5, 0.6) is 0 Å². The Hall–Kier alpha value is -2.09. The van der Waals surface area contributed by atoms with Gasteiger partial charge in [0.25, 0.3) is 5.91 Å². The number of para-hydroxylation sites is 1. The molecule has 2 aromatic carbocycles. The topological polar surface area (TPSA) is 29.1 Å². The summed E-state index contributed by atoms with van der Waals surface area (Å²) in [6.45, 7) is 8.31. The molecule has 1 atom stereocenters. The van der Waals surface area contributed by atoms with Gasteiger partial charge in [0.1, 0.15) is 0 Å². The summed E-state index contributed by atoms with van der Waals surface area (Å²) < 4.78 is 0. The molecule has 0 unspecified atom stereocenters. The summed E-state index contributed by atoms with van der Waals surface area (Å²) in [5.74, 6) is 0.395. The predicted molar refractivity (Wildman–Crippen MR) is 89.0 cm³/mol. The van der Waals surface area contributed by atoms with Gasteiger partial charge in [0, 0.05) is 11.3 Å². The summed E-state index contributed by atoms with van der Waals surface area (Å²) in [6.07, 6.45) is 1.05. The highest BCUT2D eigenvalue weighted by Gasteiger charge is 2.13. The molecule has 2 heteroatoms. The first-order chi connectivity index (χ1) is 10.0. The summed E-state index contributed by atoms with van der Waals surface area (Å²) >= 11 is 0. The number of amides is 1. The minimum Gasteiger partial charge on any atom is -0.322 e. The Morgan fingerprint density at radius 3 is 2.57 bits per heavy atom. The third-order valence-electron chi connectivity index (χ3n) is 3.99. The molecule has 2 nitrogen and oxygen atoms in total. The summed E-state index contributed by atoms with van der Waals surface area (Å²) in [5.41, 5.74) is 4.95. The van der Waals surface area contributed by atoms with E-state index in [2.05, 4.69) is 25.2 Å². The molecular formula is C19H23NO. The standard InChI is InChI=1S/C19H23NO/c1-5-14(3)16-8-6-7-9-18(16)20-19(21)17-12-13(2)10-11-15(17)4/h6-12,14H,5H2,1-4H3,(H,20,21)/t14-/m1/s1. The SMILES string of the molecule is CC[C@@H](C)c1ccccc1NC(=O)c1cc(C)ccc1C. The second kappa shape index (κ2) is 6.57. The molecule has 0 saturated heterocycles. The van der Waals surface area contributed by atoms with Crippen molar-refractivity contribution in [3.05, 3.63) is 64.7 Å². The molecular weight excluding hydrogens is 258 g/mol. The highest BCUT2D eigenvalue weighted by atomic mass is 16.1. The Morgan fingerprint density at radius 1 is 1.14 bits per heavy atom. The molecule has 0 bridgehead atoms. The molecule has 0 heterocycles. The maximum atomic E-state index is 12.5. The van der Waals surface area contributed by atoms with E-state index in [9.17, 15) is 4.79 Å². The van der Waals surface area contributed by atoms with Crippen LogP contribution in [0.15, 0.2) is 42.5 Å². The second-order valence-corrected chi connectivity index (χ2v) is 5.67. The third-order valence-corrected chi connectivity index (χ3v) is 3.99. The van der Waals surface area contributed by atoms with Gasteiger partial charge in [-0.25, -0.2) is 0 Å². The van der Waals surface area contributed by atoms with Crippen molar-refractivity contribution in [3.8, 4) is 0 Å². The number of hydrogen-bond acceptors (Lipinski definition) is 1. The molecule has 110 valence electrons. The molecule has 21 heavy (non-hydrogen) atoms. The van der Waals surface area contributed by atoms with E-state index < -0.39 is 0 Å². The van der Waals surface area contributed by atoms with Crippen LogP contribution >= 0.6 is 0 Å². The summed E-state index contributed by atoms with van der Waals surface area (Å²) in [4.78, 5) is 12.5. The molecule has 0 radical (unpaired) electrons. The van der Waals surface area contributed by atoms with Crippen LogP contribution in [0, 0.1) is 13.8 Å². The van der Waals surface area contributed by atoms with Crippen molar-refractivity contribution >= 4 is 11.6 Å². The van der Waals surface area contributed by atoms with Gasteiger partial charge in [-0.15, -0.1) is 0 Å². The molecule has 1 amide bonds. The van der Waals surface area contributed by atoms with E-state index in [4.69, 9.17) is 0 Å². The van der Waals surface area contributed by atoms with Crippen molar-refractivity contribution in [1.29, 1.82) is 0 Å². The largest absolute Gasteiger partial charge is 0.322 e. The lowest BCUT2D eigenvalue weighted by molar-refractivity contribution is 0.102. The molecule has 0 fully saturated rings. The fourth-order valence-corrected chi connectivity index (χ4v) is 2.43. The summed E-state index contributed by atoms with van der Waals surface area (Å²) in [6, 6.07) is 14.0. The zero-order valence-electron chi connectivity index (χ0n) is 13.2. The van der Waals surface area contributed by atoms with E-state index in [1.165, 1.54) is 5.56 Å². The predicted octanol–water partition coefficient (Wildman–Crippen LogP) is 5.07. The van der Waals surface area contributed by atoms with Crippen LogP contribution in [0.4, 0.5) is 5.69 Å². The Morgan fingerprint density at radius 2 is 1.86 bits per heavy atom. The van der Waals surface area contributed by atoms with Crippen LogP contribution in [-0.4, -0.2) is 5.91 Å². The fraction of sp³-hybridized carbons (Fsp3) is 0.316. The van der Waals surface area contributed by atoms with Crippen LogP contribution in [0.2, 0.25) is 0 Å². The van der Waals surface area contributed by atoms with Crippen molar-refractivity contribution in [1.82, 2.24) is 0 Å². The highest BCUT2D eigenvalue weighted by molar-refractivity contribution is 6.05. The molecule has 0 saturated carbocycles. The van der Waals surface area contributed by atoms with E-state index in [-0.39, 0.29) is 5.91 Å². The normalized spacial score (nSPS) is 12.0. The zero-order chi connectivity index (χ0) is 15.4. The Bertz CT molecular complexity index is 646. The van der Waals surface area contributed by atoms with Gasteiger partial charge in [0.15, 0.2) is 0 Å². The molecule has 0 spiro atoms. The van der Waals surface area contributed by atoms with E-state index >= 15 is 0 Å². The molecule has 2 rings (SSSR count). The maximum Gasteiger partial charge on any atom is 0.255 e. The lowest BCUT2D eigenvalue weighted by atomic mass is 9.96. The third kappa shape index (κ3) is 3.52. The van der Waals surface area contributed by atoms with Crippen molar-refractivity contribution in [3.63, 3.8) is 0 Å². The quantitative estimate of drug-likeness (QED) is 0.833. The van der Waals surface area contributed by atoms with E-state index in [0.717, 1.165) is 28.8 Å². The maximum absolute atomic E-state index is 12.5. The summed E-state index contributed by atoms with van der Waals surface area (Å²) in [5, 5.41) is 3.07. The minimum atomic E-state index is -0.0352. The summed E-state index contributed by atoms with van der Waals surface area (Å²) in [7, 11) is 0. The number of anilines is 1. The highest BCUT2D eigenvalue weighted by Crippen LogP contribution is 2.27. The number of rotatable bonds is 4. The van der Waals surface area contributed by atoms with Gasteiger partial charge >= 0.3 is 0 Å². The number of benzene rings is 2. The first-order valence-electron chi connectivity index (χ1n) is 7.50. The Balaban J connectivity index is 2.30. The van der Waals surface area contributed by atoms with Crippen LogP contribution in [-0.2, 0) is 0 Å². The first-order valence-corrected chi connectivity index (χ1v) is 7.50. The van der Waals surface area contributed by atoms with E-state index in [1.807, 2.05) is 50.2 Å². The van der Waals surface area contributed by atoms with Crippen LogP contribution in [0.3, 0.4) is 0 Å². The van der Waals surface area contributed by atoms with Crippen molar-refractivity contribution < 1.29 is 4.79 Å². The zero-order valence-corrected chi connectivity index (χ0v) is 13.2. The smallest absolute Gasteiger partial charge is 0.255 e. The lowest BCUT2D eigenvalue weighted by Gasteiger charge is -2.16. The molecule has 0 aromatic heterocycles. The molecule has 2 aromatic rings. The van der Waals surface area contributed by atoms with Gasteiger partial charge in [-0.2, -0.15) is 0 Å².